The average molecular weight is 335 g/mol. The van der Waals surface area contributed by atoms with Gasteiger partial charge in [0, 0.05) is 5.56 Å². The highest BCUT2D eigenvalue weighted by Gasteiger charge is 2.27. The fourth-order valence-electron chi connectivity index (χ4n) is 1.90. The van der Waals surface area contributed by atoms with Gasteiger partial charge in [0.05, 0.1) is 0 Å². The minimum absolute atomic E-state index is 0.191. The van der Waals surface area contributed by atoms with Gasteiger partial charge in [0.15, 0.2) is 6.10 Å². The second kappa shape index (κ2) is 8.47. The number of hydrogen-bond acceptors (Lipinski definition) is 5. The van der Waals surface area contributed by atoms with Crippen LogP contribution in [0.4, 0.5) is 4.79 Å². The molecule has 1 aromatic carbocycles. The summed E-state index contributed by atoms with van der Waals surface area (Å²) in [6.45, 7) is 8.38. The van der Waals surface area contributed by atoms with Crippen LogP contribution >= 0.6 is 0 Å². The zero-order chi connectivity index (χ0) is 18.3. The lowest BCUT2D eigenvalue weighted by atomic mass is 9.97. The van der Waals surface area contributed by atoms with E-state index >= 15 is 0 Å². The van der Waals surface area contributed by atoms with Crippen LogP contribution in [0.15, 0.2) is 30.3 Å². The predicted molar refractivity (Wildman–Crippen MR) is 89.7 cm³/mol. The second-order valence-corrected chi connectivity index (χ2v) is 6.74. The smallest absolute Gasteiger partial charge is 0.408 e. The molecule has 0 unspecified atom stereocenters. The summed E-state index contributed by atoms with van der Waals surface area (Å²) in [5.41, 5.74) is -0.179. The van der Waals surface area contributed by atoms with Crippen LogP contribution in [0.25, 0.3) is 0 Å². The van der Waals surface area contributed by atoms with Gasteiger partial charge < -0.3 is 14.8 Å². The molecule has 0 aromatic heterocycles. The van der Waals surface area contributed by atoms with Crippen molar-refractivity contribution >= 4 is 17.8 Å². The standard InChI is InChI=1S/C18H25NO5/c1-12(2)16(15(21)13-9-7-6-8-10-13)23-14(20)11-19-17(22)24-18(3,4)5/h6-10,12,16H,11H2,1-5H3,(H,19,22)/t16-/m0/s1. The number of carbonyl (C=O) groups is 3. The summed E-state index contributed by atoms with van der Waals surface area (Å²) in [6, 6.07) is 8.64. The molecule has 24 heavy (non-hydrogen) atoms. The number of benzene rings is 1. The van der Waals surface area contributed by atoms with E-state index in [-0.39, 0.29) is 18.2 Å². The topological polar surface area (TPSA) is 81.7 Å². The first-order chi connectivity index (χ1) is 11.1. The Labute approximate surface area is 142 Å². The van der Waals surface area contributed by atoms with E-state index in [1.165, 1.54) is 0 Å². The largest absolute Gasteiger partial charge is 0.452 e. The van der Waals surface area contributed by atoms with Gasteiger partial charge in [-0.15, -0.1) is 0 Å². The Hall–Kier alpha value is -2.37. The molecule has 0 fully saturated rings. The molecule has 0 radical (unpaired) electrons. The molecule has 6 nitrogen and oxygen atoms in total. The fraction of sp³-hybridized carbons (Fsp3) is 0.500. The number of ether oxygens (including phenoxy) is 2. The number of esters is 1. The molecule has 0 aliphatic carbocycles. The van der Waals surface area contributed by atoms with E-state index in [4.69, 9.17) is 9.47 Å². The monoisotopic (exact) mass is 335 g/mol. The highest BCUT2D eigenvalue weighted by atomic mass is 16.6. The average Bonchev–Trinajstić information content (AvgIpc) is 2.49. The number of rotatable bonds is 6. The summed E-state index contributed by atoms with van der Waals surface area (Å²) in [5.74, 6) is -1.15. The van der Waals surface area contributed by atoms with E-state index < -0.39 is 23.8 Å². The molecule has 0 saturated heterocycles. The number of alkyl carbamates (subject to hydrolysis) is 1. The molecular formula is C18H25NO5. The number of nitrogens with one attached hydrogen (secondary N) is 1. The molecule has 6 heteroatoms. The fourth-order valence-corrected chi connectivity index (χ4v) is 1.90. The molecule has 0 bridgehead atoms. The molecule has 1 aromatic rings. The first kappa shape index (κ1) is 19.7. The third kappa shape index (κ3) is 6.81. The molecular weight excluding hydrogens is 310 g/mol. The number of carbonyl (C=O) groups excluding carboxylic acids is 3. The number of ketones is 1. The molecule has 0 spiro atoms. The lowest BCUT2D eigenvalue weighted by Crippen LogP contribution is -2.39. The van der Waals surface area contributed by atoms with Crippen molar-refractivity contribution in [3.8, 4) is 0 Å². The number of hydrogen-bond donors (Lipinski definition) is 1. The zero-order valence-corrected chi connectivity index (χ0v) is 14.8. The maximum absolute atomic E-state index is 12.5. The first-order valence-electron chi connectivity index (χ1n) is 7.85. The highest BCUT2D eigenvalue weighted by molar-refractivity contribution is 6.00. The van der Waals surface area contributed by atoms with Crippen molar-refractivity contribution in [3.63, 3.8) is 0 Å². The van der Waals surface area contributed by atoms with Gasteiger partial charge in [-0.3, -0.25) is 9.59 Å². The Kier molecular flexibility index (Phi) is 6.95. The highest BCUT2D eigenvalue weighted by Crippen LogP contribution is 2.14. The molecule has 0 aliphatic rings. The molecule has 0 aliphatic heterocycles. The van der Waals surface area contributed by atoms with E-state index in [1.54, 1.807) is 65.0 Å². The SMILES string of the molecule is CC(C)[C@H](OC(=O)CNC(=O)OC(C)(C)C)C(=O)c1ccccc1. The van der Waals surface area contributed by atoms with Crippen molar-refractivity contribution in [2.24, 2.45) is 5.92 Å². The Balaban J connectivity index is 2.61. The minimum atomic E-state index is -0.902. The lowest BCUT2D eigenvalue weighted by Gasteiger charge is -2.21. The van der Waals surface area contributed by atoms with Crippen LogP contribution < -0.4 is 5.32 Å². The summed E-state index contributed by atoms with van der Waals surface area (Å²) in [4.78, 5) is 35.9. The number of amides is 1. The van der Waals surface area contributed by atoms with Gasteiger partial charge in [0.2, 0.25) is 5.78 Å². The van der Waals surface area contributed by atoms with Gasteiger partial charge in [-0.25, -0.2) is 4.79 Å². The molecule has 0 saturated carbocycles. The Morgan fingerprint density at radius 1 is 1.08 bits per heavy atom. The van der Waals surface area contributed by atoms with Crippen LogP contribution in [0.5, 0.6) is 0 Å². The quantitative estimate of drug-likeness (QED) is 0.638. The summed E-state index contributed by atoms with van der Waals surface area (Å²) >= 11 is 0. The van der Waals surface area contributed by atoms with Crippen molar-refractivity contribution in [2.75, 3.05) is 6.54 Å². The lowest BCUT2D eigenvalue weighted by molar-refractivity contribution is -0.147. The summed E-state index contributed by atoms with van der Waals surface area (Å²) in [5, 5.41) is 2.31. The van der Waals surface area contributed by atoms with Crippen LogP contribution in [-0.2, 0) is 14.3 Å². The van der Waals surface area contributed by atoms with E-state index in [0.29, 0.717) is 5.56 Å². The van der Waals surface area contributed by atoms with Gasteiger partial charge in [-0.1, -0.05) is 44.2 Å². The Bertz CT molecular complexity index is 575. The van der Waals surface area contributed by atoms with Crippen LogP contribution in [0.1, 0.15) is 45.0 Å². The Morgan fingerprint density at radius 3 is 2.17 bits per heavy atom. The Morgan fingerprint density at radius 2 is 1.67 bits per heavy atom. The van der Waals surface area contributed by atoms with Crippen molar-refractivity contribution in [1.29, 1.82) is 0 Å². The van der Waals surface area contributed by atoms with Crippen LogP contribution in [0.3, 0.4) is 0 Å². The van der Waals surface area contributed by atoms with Crippen LogP contribution in [-0.4, -0.2) is 36.1 Å². The van der Waals surface area contributed by atoms with Crippen molar-refractivity contribution in [3.05, 3.63) is 35.9 Å². The maximum Gasteiger partial charge on any atom is 0.408 e. The van der Waals surface area contributed by atoms with Crippen molar-refractivity contribution in [2.45, 2.75) is 46.3 Å². The van der Waals surface area contributed by atoms with Gasteiger partial charge in [0.1, 0.15) is 12.1 Å². The van der Waals surface area contributed by atoms with Crippen molar-refractivity contribution < 1.29 is 23.9 Å². The van der Waals surface area contributed by atoms with Gasteiger partial charge in [0.25, 0.3) is 0 Å². The van der Waals surface area contributed by atoms with E-state index in [1.807, 2.05) is 0 Å². The first-order valence-corrected chi connectivity index (χ1v) is 7.85. The number of Topliss-reactive ketones (excluding diaryl/α,β-unsaturated/α-hetero) is 1. The van der Waals surface area contributed by atoms with Gasteiger partial charge >= 0.3 is 12.1 Å². The zero-order valence-electron chi connectivity index (χ0n) is 14.8. The van der Waals surface area contributed by atoms with E-state index in [0.717, 1.165) is 0 Å². The third-order valence-corrected chi connectivity index (χ3v) is 2.96. The summed E-state index contributed by atoms with van der Waals surface area (Å²) in [6.07, 6.45) is -1.62. The summed E-state index contributed by atoms with van der Waals surface area (Å²) < 4.78 is 10.3. The molecule has 1 atom stereocenters. The predicted octanol–water partition coefficient (Wildman–Crippen LogP) is 2.96. The van der Waals surface area contributed by atoms with Gasteiger partial charge in [-0.2, -0.15) is 0 Å². The summed E-state index contributed by atoms with van der Waals surface area (Å²) in [7, 11) is 0. The second-order valence-electron chi connectivity index (χ2n) is 6.74. The molecule has 1 N–H and O–H groups in total. The normalized spacial score (nSPS) is 12.4. The van der Waals surface area contributed by atoms with Crippen LogP contribution in [0, 0.1) is 5.92 Å². The van der Waals surface area contributed by atoms with Crippen molar-refractivity contribution in [1.82, 2.24) is 5.32 Å². The minimum Gasteiger partial charge on any atom is -0.452 e. The third-order valence-electron chi connectivity index (χ3n) is 2.96. The molecule has 132 valence electrons. The van der Waals surface area contributed by atoms with E-state index in [2.05, 4.69) is 5.32 Å². The molecule has 1 amide bonds. The van der Waals surface area contributed by atoms with Gasteiger partial charge in [-0.05, 0) is 26.7 Å². The van der Waals surface area contributed by atoms with E-state index in [9.17, 15) is 14.4 Å². The maximum atomic E-state index is 12.5. The molecule has 1 rings (SSSR count). The molecule has 0 heterocycles. The van der Waals surface area contributed by atoms with Crippen LogP contribution in [0.2, 0.25) is 0 Å².